The van der Waals surface area contributed by atoms with E-state index in [1.807, 2.05) is 0 Å². The van der Waals surface area contributed by atoms with Gasteiger partial charge in [-0.15, -0.1) is 11.3 Å². The molecule has 0 bridgehead atoms. The molecule has 1 fully saturated rings. The Balaban J connectivity index is 1.57. The van der Waals surface area contributed by atoms with E-state index in [0.717, 1.165) is 37.1 Å². The van der Waals surface area contributed by atoms with Crippen molar-refractivity contribution in [1.29, 1.82) is 0 Å². The molecule has 1 N–H and O–H groups in total. The first-order chi connectivity index (χ1) is 12.1. The van der Waals surface area contributed by atoms with Gasteiger partial charge in [0.25, 0.3) is 5.91 Å². The lowest BCUT2D eigenvalue weighted by atomic mass is 10.0. The number of aromatic nitrogens is 1. The molecule has 1 aliphatic carbocycles. The molecule has 4 rings (SSSR count). The molecule has 0 saturated carbocycles. The summed E-state index contributed by atoms with van der Waals surface area (Å²) in [4.78, 5) is 32.1. The molecule has 2 aliphatic rings. The normalized spacial score (nSPS) is 16.8. The van der Waals surface area contributed by atoms with Crippen molar-refractivity contribution >= 4 is 45.6 Å². The van der Waals surface area contributed by atoms with Crippen LogP contribution in [0.25, 0.3) is 0 Å². The molecule has 5 nitrogen and oxygen atoms in total. The van der Waals surface area contributed by atoms with Crippen LogP contribution in [0.3, 0.4) is 0 Å². The molecule has 2 amide bonds. The van der Waals surface area contributed by atoms with Crippen LogP contribution in [-0.2, 0) is 17.6 Å². The zero-order valence-electron chi connectivity index (χ0n) is 13.7. The van der Waals surface area contributed by atoms with Gasteiger partial charge in [0.15, 0.2) is 5.13 Å². The average molecular weight is 376 g/mol. The Bertz CT molecular complexity index is 825. The van der Waals surface area contributed by atoms with Gasteiger partial charge in [-0.25, -0.2) is 4.98 Å². The summed E-state index contributed by atoms with van der Waals surface area (Å²) >= 11 is 7.76. The third-order valence-corrected chi connectivity index (χ3v) is 6.05. The second-order valence-corrected chi connectivity index (χ2v) is 7.85. The molecule has 1 aliphatic heterocycles. The molecular weight excluding hydrogens is 358 g/mol. The van der Waals surface area contributed by atoms with Crippen LogP contribution >= 0.6 is 22.9 Å². The van der Waals surface area contributed by atoms with Crippen LogP contribution in [0.4, 0.5) is 10.8 Å². The average Bonchev–Trinajstić information content (AvgIpc) is 3.20. The summed E-state index contributed by atoms with van der Waals surface area (Å²) in [5.41, 5.74) is 2.19. The smallest absolute Gasteiger partial charge is 0.259 e. The first kappa shape index (κ1) is 16.5. The summed E-state index contributed by atoms with van der Waals surface area (Å²) in [7, 11) is 0. The van der Waals surface area contributed by atoms with E-state index in [1.165, 1.54) is 11.3 Å². The van der Waals surface area contributed by atoms with Crippen molar-refractivity contribution in [3.63, 3.8) is 0 Å². The largest absolute Gasteiger partial charge is 0.312 e. The molecule has 25 heavy (non-hydrogen) atoms. The number of anilines is 2. The highest BCUT2D eigenvalue weighted by Crippen LogP contribution is 2.31. The van der Waals surface area contributed by atoms with E-state index in [2.05, 4.69) is 10.3 Å². The molecule has 2 aromatic rings. The Morgan fingerprint density at radius 1 is 1.20 bits per heavy atom. The number of carbonyl (C=O) groups excluding carboxylic acids is 2. The Hall–Kier alpha value is -1.92. The fourth-order valence-electron chi connectivity index (χ4n) is 3.35. The number of hydrogen-bond acceptors (Lipinski definition) is 4. The number of nitrogens with zero attached hydrogens (tertiary/aromatic N) is 2. The summed E-state index contributed by atoms with van der Waals surface area (Å²) in [6.07, 6.45) is 5.75. The minimum atomic E-state index is -0.287. The minimum Gasteiger partial charge on any atom is -0.312 e. The molecule has 1 saturated heterocycles. The van der Waals surface area contributed by atoms with E-state index >= 15 is 0 Å². The quantitative estimate of drug-likeness (QED) is 0.880. The number of nitrogens with one attached hydrogen (secondary N) is 1. The fraction of sp³-hybridized carbons (Fsp3) is 0.389. The maximum atomic E-state index is 12.7. The standard InChI is InChI=1S/C18H18ClN3O2S/c19-13-8-7-11(22-9-3-6-16(22)23)10-12(13)17(24)21-18-20-14-4-1-2-5-15(14)25-18/h7-8,10H,1-6,9H2,(H,20,21,24). The number of aryl methyl sites for hydroxylation is 2. The first-order valence-corrected chi connectivity index (χ1v) is 9.71. The predicted octanol–water partition coefficient (Wildman–Crippen LogP) is 4.05. The number of thiazole rings is 1. The number of halogens is 1. The molecule has 1 aromatic heterocycles. The van der Waals surface area contributed by atoms with Crippen molar-refractivity contribution in [3.8, 4) is 0 Å². The third-order valence-electron chi connectivity index (χ3n) is 4.65. The van der Waals surface area contributed by atoms with Crippen molar-refractivity contribution in [2.24, 2.45) is 0 Å². The number of rotatable bonds is 3. The van der Waals surface area contributed by atoms with Gasteiger partial charge in [0.2, 0.25) is 5.91 Å². The lowest BCUT2D eigenvalue weighted by Gasteiger charge is -2.17. The third kappa shape index (κ3) is 3.28. The summed E-state index contributed by atoms with van der Waals surface area (Å²) < 4.78 is 0. The van der Waals surface area contributed by atoms with Crippen LogP contribution < -0.4 is 10.2 Å². The van der Waals surface area contributed by atoms with E-state index < -0.39 is 0 Å². The molecule has 130 valence electrons. The van der Waals surface area contributed by atoms with E-state index in [9.17, 15) is 9.59 Å². The van der Waals surface area contributed by atoms with E-state index in [1.54, 1.807) is 34.4 Å². The van der Waals surface area contributed by atoms with Crippen LogP contribution in [0, 0.1) is 0 Å². The van der Waals surface area contributed by atoms with Crippen LogP contribution in [0.15, 0.2) is 18.2 Å². The maximum absolute atomic E-state index is 12.7. The lowest BCUT2D eigenvalue weighted by molar-refractivity contribution is -0.117. The van der Waals surface area contributed by atoms with Gasteiger partial charge < -0.3 is 4.90 Å². The van der Waals surface area contributed by atoms with Crippen LogP contribution in [-0.4, -0.2) is 23.3 Å². The highest BCUT2D eigenvalue weighted by molar-refractivity contribution is 7.15. The number of carbonyl (C=O) groups is 2. The summed E-state index contributed by atoms with van der Waals surface area (Å²) in [5, 5.41) is 3.86. The van der Waals surface area contributed by atoms with Gasteiger partial charge in [0.05, 0.1) is 16.3 Å². The van der Waals surface area contributed by atoms with Crippen molar-refractivity contribution in [1.82, 2.24) is 4.98 Å². The van der Waals surface area contributed by atoms with Gasteiger partial charge in [0.1, 0.15) is 0 Å². The maximum Gasteiger partial charge on any atom is 0.259 e. The van der Waals surface area contributed by atoms with Gasteiger partial charge in [0, 0.05) is 23.5 Å². The number of hydrogen-bond donors (Lipinski definition) is 1. The van der Waals surface area contributed by atoms with Gasteiger partial charge in [-0.3, -0.25) is 14.9 Å². The topological polar surface area (TPSA) is 62.3 Å². The van der Waals surface area contributed by atoms with Gasteiger partial charge >= 0.3 is 0 Å². The fourth-order valence-corrected chi connectivity index (χ4v) is 4.59. The molecule has 0 atom stereocenters. The van der Waals surface area contributed by atoms with Crippen molar-refractivity contribution < 1.29 is 9.59 Å². The second-order valence-electron chi connectivity index (χ2n) is 6.36. The molecular formula is C18H18ClN3O2S. The second kappa shape index (κ2) is 6.77. The SMILES string of the molecule is O=C(Nc1nc2c(s1)CCCC2)c1cc(N2CCCC2=O)ccc1Cl. The number of fused-ring (bicyclic) bond motifs is 1. The van der Waals surface area contributed by atoms with Gasteiger partial charge in [-0.1, -0.05) is 11.6 Å². The van der Waals surface area contributed by atoms with Crippen molar-refractivity contribution in [3.05, 3.63) is 39.4 Å². The van der Waals surface area contributed by atoms with Crippen LogP contribution in [0.2, 0.25) is 5.02 Å². The van der Waals surface area contributed by atoms with E-state index in [0.29, 0.717) is 28.7 Å². The molecule has 0 spiro atoms. The zero-order chi connectivity index (χ0) is 17.4. The van der Waals surface area contributed by atoms with Gasteiger partial charge in [-0.2, -0.15) is 0 Å². The Kier molecular flexibility index (Phi) is 4.48. The molecule has 0 radical (unpaired) electrons. The Morgan fingerprint density at radius 3 is 2.80 bits per heavy atom. The first-order valence-electron chi connectivity index (χ1n) is 8.51. The minimum absolute atomic E-state index is 0.0845. The molecule has 7 heteroatoms. The summed E-state index contributed by atoms with van der Waals surface area (Å²) in [6.45, 7) is 0.681. The summed E-state index contributed by atoms with van der Waals surface area (Å²) in [5.74, 6) is -0.203. The highest BCUT2D eigenvalue weighted by atomic mass is 35.5. The van der Waals surface area contributed by atoms with E-state index in [4.69, 9.17) is 11.6 Å². The molecule has 1 aromatic carbocycles. The summed E-state index contributed by atoms with van der Waals surface area (Å²) in [6, 6.07) is 5.14. The Labute approximate surface area is 155 Å². The van der Waals surface area contributed by atoms with E-state index in [-0.39, 0.29) is 11.8 Å². The number of amides is 2. The zero-order valence-corrected chi connectivity index (χ0v) is 15.3. The lowest BCUT2D eigenvalue weighted by Crippen LogP contribution is -2.24. The van der Waals surface area contributed by atoms with Crippen molar-refractivity contribution in [2.75, 3.05) is 16.8 Å². The van der Waals surface area contributed by atoms with Gasteiger partial charge in [-0.05, 0) is 50.3 Å². The molecule has 0 unspecified atom stereocenters. The predicted molar refractivity (Wildman–Crippen MR) is 99.7 cm³/mol. The Morgan fingerprint density at radius 2 is 2.04 bits per heavy atom. The highest BCUT2D eigenvalue weighted by Gasteiger charge is 2.24. The monoisotopic (exact) mass is 375 g/mol. The van der Waals surface area contributed by atoms with Crippen LogP contribution in [0.5, 0.6) is 0 Å². The number of benzene rings is 1. The van der Waals surface area contributed by atoms with Crippen molar-refractivity contribution in [2.45, 2.75) is 38.5 Å². The van der Waals surface area contributed by atoms with Crippen LogP contribution in [0.1, 0.15) is 46.6 Å². The molecule has 2 heterocycles.